The maximum atomic E-state index is 11.8. The number of amides is 1. The van der Waals surface area contributed by atoms with E-state index in [9.17, 15) is 18.0 Å². The van der Waals surface area contributed by atoms with Crippen LogP contribution in [0.4, 0.5) is 0 Å². The van der Waals surface area contributed by atoms with E-state index in [0.717, 1.165) is 0 Å². The van der Waals surface area contributed by atoms with Crippen molar-refractivity contribution in [3.63, 3.8) is 0 Å². The summed E-state index contributed by atoms with van der Waals surface area (Å²) in [6.07, 6.45) is 0.626. The van der Waals surface area contributed by atoms with Gasteiger partial charge in [0.05, 0.1) is 30.8 Å². The van der Waals surface area contributed by atoms with Crippen molar-refractivity contribution in [1.29, 1.82) is 0 Å². The third-order valence-electron chi connectivity index (χ3n) is 3.54. The van der Waals surface area contributed by atoms with E-state index in [1.165, 1.54) is 0 Å². The summed E-state index contributed by atoms with van der Waals surface area (Å²) in [6, 6.07) is -0.525. The normalized spacial score (nSPS) is 33.2. The Balaban J connectivity index is 1.83. The number of carboxylic acid groups (broad SMARTS) is 1. The first-order chi connectivity index (χ1) is 8.87. The molecule has 0 bridgehead atoms. The summed E-state index contributed by atoms with van der Waals surface area (Å²) in [5.41, 5.74) is 0. The van der Waals surface area contributed by atoms with Gasteiger partial charge in [0.2, 0.25) is 5.91 Å². The second-order valence-electron chi connectivity index (χ2n) is 5.13. The standard InChI is InChI=1S/C11H17NO6S/c13-10(3-7-1-2-19(16,17)6-7)12-9-5-18-4-8(9)11(14)15/h7-9H,1-6H2,(H,12,13)(H,14,15). The molecule has 1 amide bonds. The SMILES string of the molecule is O=C(CC1CCS(=O)(=O)C1)NC1COCC1C(=O)O. The predicted octanol–water partition coefficient (Wildman–Crippen LogP) is -0.973. The van der Waals surface area contributed by atoms with Crippen LogP contribution in [0.2, 0.25) is 0 Å². The molecule has 0 aliphatic carbocycles. The highest BCUT2D eigenvalue weighted by Crippen LogP contribution is 2.22. The predicted molar refractivity (Wildman–Crippen MR) is 65.3 cm³/mol. The van der Waals surface area contributed by atoms with Gasteiger partial charge in [-0.3, -0.25) is 9.59 Å². The first-order valence-corrected chi connectivity index (χ1v) is 8.00. The monoisotopic (exact) mass is 291 g/mol. The van der Waals surface area contributed by atoms with Crippen LogP contribution in [-0.2, 0) is 24.2 Å². The van der Waals surface area contributed by atoms with Crippen LogP contribution in [0.5, 0.6) is 0 Å². The zero-order valence-electron chi connectivity index (χ0n) is 10.4. The number of ether oxygens (including phenoxy) is 1. The number of nitrogens with one attached hydrogen (secondary N) is 1. The van der Waals surface area contributed by atoms with E-state index in [0.29, 0.717) is 6.42 Å². The molecule has 7 nitrogen and oxygen atoms in total. The zero-order valence-corrected chi connectivity index (χ0v) is 11.2. The molecule has 2 fully saturated rings. The van der Waals surface area contributed by atoms with Crippen molar-refractivity contribution in [2.24, 2.45) is 11.8 Å². The number of carbonyl (C=O) groups is 2. The van der Waals surface area contributed by atoms with Gasteiger partial charge in [-0.25, -0.2) is 8.42 Å². The molecule has 0 aromatic carbocycles. The van der Waals surface area contributed by atoms with E-state index >= 15 is 0 Å². The van der Waals surface area contributed by atoms with E-state index in [4.69, 9.17) is 9.84 Å². The summed E-state index contributed by atoms with van der Waals surface area (Å²) in [4.78, 5) is 22.7. The molecule has 2 rings (SSSR count). The fourth-order valence-corrected chi connectivity index (χ4v) is 4.36. The van der Waals surface area contributed by atoms with Gasteiger partial charge < -0.3 is 15.2 Å². The lowest BCUT2D eigenvalue weighted by Gasteiger charge is -2.16. The van der Waals surface area contributed by atoms with Crippen molar-refractivity contribution >= 4 is 21.7 Å². The third kappa shape index (κ3) is 3.66. The Hall–Kier alpha value is -1.15. The molecular weight excluding hydrogens is 274 g/mol. The van der Waals surface area contributed by atoms with Gasteiger partial charge in [-0.05, 0) is 12.3 Å². The van der Waals surface area contributed by atoms with Gasteiger partial charge in [0.1, 0.15) is 5.92 Å². The van der Waals surface area contributed by atoms with E-state index < -0.39 is 27.8 Å². The minimum Gasteiger partial charge on any atom is -0.481 e. The Morgan fingerprint density at radius 3 is 2.63 bits per heavy atom. The van der Waals surface area contributed by atoms with Crippen molar-refractivity contribution in [3.05, 3.63) is 0 Å². The van der Waals surface area contributed by atoms with Crippen molar-refractivity contribution < 1.29 is 27.9 Å². The van der Waals surface area contributed by atoms with Crippen molar-refractivity contribution in [1.82, 2.24) is 5.32 Å². The number of rotatable bonds is 4. The van der Waals surface area contributed by atoms with Crippen molar-refractivity contribution in [3.8, 4) is 0 Å². The fourth-order valence-electron chi connectivity index (χ4n) is 2.50. The van der Waals surface area contributed by atoms with E-state index in [-0.39, 0.29) is 43.0 Å². The van der Waals surface area contributed by atoms with Gasteiger partial charge in [0.15, 0.2) is 9.84 Å². The summed E-state index contributed by atoms with van der Waals surface area (Å²) < 4.78 is 27.6. The second-order valence-corrected chi connectivity index (χ2v) is 7.36. The Morgan fingerprint density at radius 1 is 1.32 bits per heavy atom. The zero-order chi connectivity index (χ0) is 14.0. The molecule has 0 aromatic rings. The van der Waals surface area contributed by atoms with E-state index in [2.05, 4.69) is 5.32 Å². The van der Waals surface area contributed by atoms with Crippen LogP contribution in [-0.4, -0.2) is 56.2 Å². The van der Waals surface area contributed by atoms with Crippen LogP contribution < -0.4 is 5.32 Å². The minimum absolute atomic E-state index is 0.0456. The van der Waals surface area contributed by atoms with Gasteiger partial charge in [0, 0.05) is 6.42 Å². The van der Waals surface area contributed by atoms with Crippen LogP contribution in [0, 0.1) is 11.8 Å². The number of hydrogen-bond acceptors (Lipinski definition) is 5. The average molecular weight is 291 g/mol. The molecule has 2 aliphatic rings. The average Bonchev–Trinajstić information content (AvgIpc) is 2.85. The number of hydrogen-bond donors (Lipinski definition) is 2. The molecule has 3 atom stereocenters. The van der Waals surface area contributed by atoms with Crippen molar-refractivity contribution in [2.75, 3.05) is 24.7 Å². The maximum absolute atomic E-state index is 11.8. The molecule has 0 saturated carbocycles. The second kappa shape index (κ2) is 5.46. The molecule has 8 heteroatoms. The van der Waals surface area contributed by atoms with Gasteiger partial charge in [0.25, 0.3) is 0 Å². The third-order valence-corrected chi connectivity index (χ3v) is 5.38. The van der Waals surface area contributed by atoms with Crippen molar-refractivity contribution in [2.45, 2.75) is 18.9 Å². The first kappa shape index (κ1) is 14.3. The largest absolute Gasteiger partial charge is 0.481 e. The number of carbonyl (C=O) groups excluding carboxylic acids is 1. The smallest absolute Gasteiger partial charge is 0.311 e. The minimum atomic E-state index is -2.99. The molecule has 2 saturated heterocycles. The lowest BCUT2D eigenvalue weighted by Crippen LogP contribution is -2.43. The molecule has 0 spiro atoms. The van der Waals surface area contributed by atoms with Crippen LogP contribution in [0.25, 0.3) is 0 Å². The summed E-state index contributed by atoms with van der Waals surface area (Å²) in [5.74, 6) is -2.00. The van der Waals surface area contributed by atoms with Gasteiger partial charge in [-0.15, -0.1) is 0 Å². The Bertz CT molecular complexity index is 474. The maximum Gasteiger partial charge on any atom is 0.311 e. The Kier molecular flexibility index (Phi) is 4.10. The molecule has 0 radical (unpaired) electrons. The molecule has 0 aromatic heterocycles. The van der Waals surface area contributed by atoms with Crippen LogP contribution in [0.15, 0.2) is 0 Å². The number of aliphatic carboxylic acids is 1. The highest BCUT2D eigenvalue weighted by Gasteiger charge is 2.36. The van der Waals surface area contributed by atoms with Crippen LogP contribution in [0.3, 0.4) is 0 Å². The van der Waals surface area contributed by atoms with Gasteiger partial charge in [-0.2, -0.15) is 0 Å². The topological polar surface area (TPSA) is 110 Å². The van der Waals surface area contributed by atoms with Gasteiger partial charge >= 0.3 is 5.97 Å². The molecule has 2 N–H and O–H groups in total. The molecule has 2 heterocycles. The lowest BCUT2D eigenvalue weighted by atomic mass is 10.0. The highest BCUT2D eigenvalue weighted by atomic mass is 32.2. The Morgan fingerprint density at radius 2 is 2.05 bits per heavy atom. The summed E-state index contributed by atoms with van der Waals surface area (Å²) in [6.45, 7) is 0.282. The molecule has 19 heavy (non-hydrogen) atoms. The Labute approximate surface area is 111 Å². The molecule has 2 aliphatic heterocycles. The lowest BCUT2D eigenvalue weighted by molar-refractivity contribution is -0.142. The van der Waals surface area contributed by atoms with Crippen LogP contribution in [0.1, 0.15) is 12.8 Å². The quantitative estimate of drug-likeness (QED) is 0.689. The number of sulfone groups is 1. The van der Waals surface area contributed by atoms with Crippen LogP contribution >= 0.6 is 0 Å². The summed E-state index contributed by atoms with van der Waals surface area (Å²) in [7, 11) is -2.99. The summed E-state index contributed by atoms with van der Waals surface area (Å²) >= 11 is 0. The fraction of sp³-hybridized carbons (Fsp3) is 0.818. The van der Waals surface area contributed by atoms with Gasteiger partial charge in [-0.1, -0.05) is 0 Å². The first-order valence-electron chi connectivity index (χ1n) is 6.18. The molecular formula is C11H17NO6S. The molecule has 3 unspecified atom stereocenters. The summed E-state index contributed by atoms with van der Waals surface area (Å²) in [5, 5.41) is 11.6. The van der Waals surface area contributed by atoms with E-state index in [1.54, 1.807) is 0 Å². The van der Waals surface area contributed by atoms with E-state index in [1.807, 2.05) is 0 Å². The molecule has 108 valence electrons. The highest BCUT2D eigenvalue weighted by molar-refractivity contribution is 7.91. The number of carboxylic acids is 1.